The van der Waals surface area contributed by atoms with Crippen LogP contribution in [0.5, 0.6) is 0 Å². The molecule has 0 aliphatic heterocycles. The van der Waals surface area contributed by atoms with Crippen molar-refractivity contribution < 1.29 is 4.52 Å². The second-order valence-electron chi connectivity index (χ2n) is 4.62. The van der Waals surface area contributed by atoms with Gasteiger partial charge in [0.2, 0.25) is 11.7 Å². The Balaban J connectivity index is 1.96. The van der Waals surface area contributed by atoms with Crippen LogP contribution in [0.25, 0.3) is 11.6 Å². The zero-order valence-electron chi connectivity index (χ0n) is 9.76. The molecule has 0 atom stereocenters. The third kappa shape index (κ3) is 1.48. The molecule has 0 unspecified atom stereocenters. The molecule has 90 valence electrons. The first-order valence-corrected chi connectivity index (χ1v) is 5.77. The molecular weight excluding hydrogens is 218 g/mol. The Hall–Kier alpha value is -1.69. The molecule has 1 saturated carbocycles. The topological polar surface area (TPSA) is 82.8 Å². The van der Waals surface area contributed by atoms with E-state index in [0.717, 1.165) is 12.8 Å². The fourth-order valence-corrected chi connectivity index (χ4v) is 2.22. The maximum atomic E-state index is 5.81. The summed E-state index contributed by atoms with van der Waals surface area (Å²) in [7, 11) is 1.90. The van der Waals surface area contributed by atoms with Gasteiger partial charge in [0.25, 0.3) is 0 Å². The van der Waals surface area contributed by atoms with Crippen molar-refractivity contribution in [2.45, 2.75) is 24.7 Å². The van der Waals surface area contributed by atoms with Crippen molar-refractivity contribution >= 4 is 0 Å². The molecule has 0 spiro atoms. The van der Waals surface area contributed by atoms with Gasteiger partial charge >= 0.3 is 0 Å². The summed E-state index contributed by atoms with van der Waals surface area (Å²) < 4.78 is 7.21. The van der Waals surface area contributed by atoms with E-state index in [1.54, 1.807) is 6.20 Å². The fraction of sp³-hybridized carbons (Fsp3) is 0.545. The normalized spacial score (nSPS) is 18.0. The van der Waals surface area contributed by atoms with Gasteiger partial charge < -0.3 is 14.8 Å². The minimum atomic E-state index is -0.0869. The number of nitrogens with zero attached hydrogens (tertiary/aromatic N) is 4. The molecule has 1 fully saturated rings. The number of nitrogens with two attached hydrogens (primary N) is 1. The van der Waals surface area contributed by atoms with Gasteiger partial charge in [-0.25, -0.2) is 4.98 Å². The largest absolute Gasteiger partial charge is 0.338 e. The quantitative estimate of drug-likeness (QED) is 0.849. The van der Waals surface area contributed by atoms with Crippen LogP contribution < -0.4 is 5.73 Å². The van der Waals surface area contributed by atoms with E-state index in [1.165, 1.54) is 6.42 Å². The van der Waals surface area contributed by atoms with Crippen molar-refractivity contribution in [1.82, 2.24) is 19.7 Å². The zero-order chi connectivity index (χ0) is 11.9. The van der Waals surface area contributed by atoms with Crippen LogP contribution in [0.15, 0.2) is 16.9 Å². The maximum Gasteiger partial charge on any atom is 0.238 e. The van der Waals surface area contributed by atoms with Crippen LogP contribution >= 0.6 is 0 Å². The van der Waals surface area contributed by atoms with E-state index >= 15 is 0 Å². The predicted octanol–water partition coefficient (Wildman–Crippen LogP) is 0.850. The predicted molar refractivity (Wildman–Crippen MR) is 61.1 cm³/mol. The first kappa shape index (κ1) is 10.5. The van der Waals surface area contributed by atoms with Crippen molar-refractivity contribution in [3.8, 4) is 11.6 Å². The van der Waals surface area contributed by atoms with Gasteiger partial charge in [-0.1, -0.05) is 11.6 Å². The highest BCUT2D eigenvalue weighted by atomic mass is 16.5. The van der Waals surface area contributed by atoms with Crippen LogP contribution in [0.3, 0.4) is 0 Å². The fourth-order valence-electron chi connectivity index (χ4n) is 2.22. The molecule has 0 radical (unpaired) electrons. The van der Waals surface area contributed by atoms with Crippen molar-refractivity contribution in [3.05, 3.63) is 18.3 Å². The third-order valence-electron chi connectivity index (χ3n) is 3.60. The van der Waals surface area contributed by atoms with E-state index in [0.29, 0.717) is 24.1 Å². The van der Waals surface area contributed by atoms with Gasteiger partial charge in [0.05, 0.1) is 5.41 Å². The number of hydrogen-bond acceptors (Lipinski definition) is 5. The third-order valence-corrected chi connectivity index (χ3v) is 3.60. The van der Waals surface area contributed by atoms with Crippen molar-refractivity contribution in [1.29, 1.82) is 0 Å². The van der Waals surface area contributed by atoms with Crippen LogP contribution in [0.2, 0.25) is 0 Å². The highest BCUT2D eigenvalue weighted by molar-refractivity contribution is 5.42. The summed E-state index contributed by atoms with van der Waals surface area (Å²) in [5, 5.41) is 3.99. The molecule has 1 aliphatic rings. The van der Waals surface area contributed by atoms with E-state index in [-0.39, 0.29) is 5.41 Å². The standard InChI is InChI=1S/C11H15N5O/c1-16-6-5-13-9(16)8-14-10(17-15-8)11(7-12)3-2-4-11/h5-6H,2-4,7,12H2,1H3. The molecule has 6 heteroatoms. The lowest BCUT2D eigenvalue weighted by molar-refractivity contribution is 0.182. The molecule has 0 bridgehead atoms. The van der Waals surface area contributed by atoms with Crippen LogP contribution in [0, 0.1) is 0 Å². The second kappa shape index (κ2) is 3.66. The highest BCUT2D eigenvalue weighted by Gasteiger charge is 2.42. The number of aryl methyl sites for hydroxylation is 1. The average Bonchev–Trinajstić information content (AvgIpc) is 2.86. The summed E-state index contributed by atoms with van der Waals surface area (Å²) in [6.45, 7) is 0.565. The zero-order valence-corrected chi connectivity index (χ0v) is 9.76. The molecule has 1 aliphatic carbocycles. The van der Waals surface area contributed by atoms with Crippen LogP contribution in [0.1, 0.15) is 25.2 Å². The van der Waals surface area contributed by atoms with Gasteiger partial charge in [-0.2, -0.15) is 4.98 Å². The second-order valence-corrected chi connectivity index (χ2v) is 4.62. The van der Waals surface area contributed by atoms with Crippen LogP contribution in [-0.2, 0) is 12.5 Å². The van der Waals surface area contributed by atoms with Crippen molar-refractivity contribution in [2.75, 3.05) is 6.54 Å². The van der Waals surface area contributed by atoms with Gasteiger partial charge in [-0.3, -0.25) is 0 Å². The van der Waals surface area contributed by atoms with Gasteiger partial charge in [0.15, 0.2) is 5.82 Å². The molecule has 6 nitrogen and oxygen atoms in total. The lowest BCUT2D eigenvalue weighted by Gasteiger charge is -2.36. The lowest BCUT2D eigenvalue weighted by Crippen LogP contribution is -2.41. The van der Waals surface area contributed by atoms with E-state index in [9.17, 15) is 0 Å². The summed E-state index contributed by atoms with van der Waals surface area (Å²) in [4.78, 5) is 8.64. The molecule has 0 saturated heterocycles. The molecule has 2 heterocycles. The highest BCUT2D eigenvalue weighted by Crippen LogP contribution is 2.42. The number of aromatic nitrogens is 4. The lowest BCUT2D eigenvalue weighted by atomic mass is 9.69. The SMILES string of the molecule is Cn1ccnc1-c1noc(C2(CN)CCC2)n1. The Morgan fingerprint density at radius 1 is 1.53 bits per heavy atom. The smallest absolute Gasteiger partial charge is 0.238 e. The first-order valence-electron chi connectivity index (χ1n) is 5.77. The molecule has 2 aromatic rings. The van der Waals surface area contributed by atoms with Gasteiger partial charge in [0, 0.05) is 26.0 Å². The molecule has 17 heavy (non-hydrogen) atoms. The molecule has 2 aromatic heterocycles. The molecular formula is C11H15N5O. The minimum Gasteiger partial charge on any atom is -0.338 e. The Labute approximate surface area is 98.8 Å². The van der Waals surface area contributed by atoms with E-state index < -0.39 is 0 Å². The minimum absolute atomic E-state index is 0.0869. The number of rotatable bonds is 3. The summed E-state index contributed by atoms with van der Waals surface area (Å²) in [5.41, 5.74) is 5.72. The first-order chi connectivity index (χ1) is 8.25. The Morgan fingerprint density at radius 3 is 2.88 bits per heavy atom. The molecule has 0 aromatic carbocycles. The van der Waals surface area contributed by atoms with Crippen molar-refractivity contribution in [3.63, 3.8) is 0 Å². The van der Waals surface area contributed by atoms with E-state index in [4.69, 9.17) is 10.3 Å². The van der Waals surface area contributed by atoms with E-state index in [2.05, 4.69) is 15.1 Å². The average molecular weight is 233 g/mol. The van der Waals surface area contributed by atoms with Crippen LogP contribution in [0.4, 0.5) is 0 Å². The molecule has 0 amide bonds. The Kier molecular flexibility index (Phi) is 2.25. The van der Waals surface area contributed by atoms with Gasteiger partial charge in [-0.05, 0) is 12.8 Å². The van der Waals surface area contributed by atoms with Crippen LogP contribution in [-0.4, -0.2) is 26.2 Å². The number of hydrogen-bond donors (Lipinski definition) is 1. The molecule has 3 rings (SSSR count). The summed E-state index contributed by atoms with van der Waals surface area (Å²) >= 11 is 0. The summed E-state index contributed by atoms with van der Waals surface area (Å²) in [6, 6.07) is 0. The summed E-state index contributed by atoms with van der Waals surface area (Å²) in [5.74, 6) is 1.91. The van der Waals surface area contributed by atoms with Crippen molar-refractivity contribution in [2.24, 2.45) is 12.8 Å². The Morgan fingerprint density at radius 2 is 2.35 bits per heavy atom. The van der Waals surface area contributed by atoms with E-state index in [1.807, 2.05) is 17.8 Å². The maximum absolute atomic E-state index is 5.81. The number of imidazole rings is 1. The van der Waals surface area contributed by atoms with Gasteiger partial charge in [-0.15, -0.1) is 0 Å². The Bertz CT molecular complexity index is 520. The van der Waals surface area contributed by atoms with Gasteiger partial charge in [0.1, 0.15) is 0 Å². The summed E-state index contributed by atoms with van der Waals surface area (Å²) in [6.07, 6.45) is 6.82. The monoisotopic (exact) mass is 233 g/mol. The molecule has 2 N–H and O–H groups in total.